The van der Waals surface area contributed by atoms with Crippen LogP contribution in [0.5, 0.6) is 0 Å². The van der Waals surface area contributed by atoms with Crippen LogP contribution in [-0.4, -0.2) is 21.8 Å². The zero-order valence-electron chi connectivity index (χ0n) is 10.3. The van der Waals surface area contributed by atoms with Crippen molar-refractivity contribution in [2.24, 2.45) is 0 Å². The molecule has 0 aliphatic carbocycles. The highest BCUT2D eigenvalue weighted by molar-refractivity contribution is 7.85. The van der Waals surface area contributed by atoms with Crippen molar-refractivity contribution in [3.05, 3.63) is 42.5 Å². The Bertz CT molecular complexity index is 566. The molecule has 0 radical (unpaired) electrons. The molecule has 18 heavy (non-hydrogen) atoms. The molecule has 0 saturated carbocycles. The van der Waals surface area contributed by atoms with Crippen LogP contribution in [0.3, 0.4) is 0 Å². The van der Waals surface area contributed by atoms with Crippen molar-refractivity contribution in [3.8, 4) is 0 Å². The first-order valence-corrected chi connectivity index (χ1v) is 7.91. The second-order valence-electron chi connectivity index (χ2n) is 4.79. The van der Waals surface area contributed by atoms with E-state index in [9.17, 15) is 4.21 Å². The first-order chi connectivity index (χ1) is 8.83. The molecule has 3 rings (SSSR count). The van der Waals surface area contributed by atoms with Crippen LogP contribution >= 0.6 is 0 Å². The maximum atomic E-state index is 11.4. The third-order valence-electron chi connectivity index (χ3n) is 3.54. The zero-order chi connectivity index (χ0) is 12.4. The van der Waals surface area contributed by atoms with Gasteiger partial charge in [0, 0.05) is 39.4 Å². The lowest BCUT2D eigenvalue weighted by atomic mass is 10.1. The van der Waals surface area contributed by atoms with E-state index in [-0.39, 0.29) is 0 Å². The molecule has 1 aliphatic heterocycles. The maximum absolute atomic E-state index is 11.4. The largest absolute Gasteiger partial charge is 0.382 e. The molecule has 0 atom stereocenters. The second-order valence-corrected chi connectivity index (χ2v) is 6.49. The Balaban J connectivity index is 1.84. The highest BCUT2D eigenvalue weighted by atomic mass is 32.2. The van der Waals surface area contributed by atoms with Crippen molar-refractivity contribution in [2.75, 3.05) is 16.8 Å². The molecule has 2 nitrogen and oxygen atoms in total. The fraction of sp³-hybridized carbons (Fsp3) is 0.333. The Labute approximate surface area is 110 Å². The summed E-state index contributed by atoms with van der Waals surface area (Å²) in [6, 6.07) is 15.2. The van der Waals surface area contributed by atoms with E-state index >= 15 is 0 Å². The summed E-state index contributed by atoms with van der Waals surface area (Å²) >= 11 is 0. The predicted octanol–water partition coefficient (Wildman–Crippen LogP) is 3.16. The normalized spacial score (nSPS) is 24.0. The van der Waals surface area contributed by atoms with Gasteiger partial charge >= 0.3 is 0 Å². The summed E-state index contributed by atoms with van der Waals surface area (Å²) in [4.78, 5) is 0. The van der Waals surface area contributed by atoms with Crippen molar-refractivity contribution in [3.63, 3.8) is 0 Å². The maximum Gasteiger partial charge on any atom is 0.0422 e. The summed E-state index contributed by atoms with van der Waals surface area (Å²) < 4.78 is 11.4. The summed E-state index contributed by atoms with van der Waals surface area (Å²) in [6.45, 7) is 0. The van der Waals surface area contributed by atoms with E-state index < -0.39 is 10.8 Å². The van der Waals surface area contributed by atoms with Crippen LogP contribution in [0.25, 0.3) is 10.8 Å². The number of rotatable bonds is 2. The summed E-state index contributed by atoms with van der Waals surface area (Å²) in [5.41, 5.74) is 1.20. The lowest BCUT2D eigenvalue weighted by molar-refractivity contribution is 0.624. The minimum absolute atomic E-state index is 0.466. The number of hydrogen-bond acceptors (Lipinski definition) is 2. The van der Waals surface area contributed by atoms with Gasteiger partial charge in [0.25, 0.3) is 0 Å². The molecular formula is C15H17NOS. The quantitative estimate of drug-likeness (QED) is 0.897. The first kappa shape index (κ1) is 11.7. The molecular weight excluding hydrogens is 242 g/mol. The topological polar surface area (TPSA) is 29.1 Å². The van der Waals surface area contributed by atoms with Crippen LogP contribution in [0.2, 0.25) is 0 Å². The van der Waals surface area contributed by atoms with E-state index in [1.54, 1.807) is 0 Å². The Kier molecular flexibility index (Phi) is 3.33. The molecule has 0 amide bonds. The molecule has 0 aromatic heterocycles. The number of fused-ring (bicyclic) bond motifs is 1. The lowest BCUT2D eigenvalue weighted by Crippen LogP contribution is -2.29. The van der Waals surface area contributed by atoms with Gasteiger partial charge in [0.15, 0.2) is 0 Å². The number of benzene rings is 2. The van der Waals surface area contributed by atoms with Gasteiger partial charge in [-0.15, -0.1) is 0 Å². The number of anilines is 1. The van der Waals surface area contributed by atoms with Gasteiger partial charge in [-0.2, -0.15) is 0 Å². The fourth-order valence-corrected chi connectivity index (χ4v) is 3.81. The van der Waals surface area contributed by atoms with Crippen LogP contribution in [0.1, 0.15) is 12.8 Å². The fourth-order valence-electron chi connectivity index (χ4n) is 2.51. The third kappa shape index (κ3) is 2.41. The molecule has 94 valence electrons. The lowest BCUT2D eigenvalue weighted by Gasteiger charge is -2.24. The Hall–Kier alpha value is -1.35. The van der Waals surface area contributed by atoms with Crippen LogP contribution in [0.4, 0.5) is 5.69 Å². The average Bonchev–Trinajstić information content (AvgIpc) is 2.42. The van der Waals surface area contributed by atoms with E-state index in [0.717, 1.165) is 24.3 Å². The Morgan fingerprint density at radius 3 is 2.56 bits per heavy atom. The van der Waals surface area contributed by atoms with E-state index in [0.29, 0.717) is 6.04 Å². The molecule has 3 heteroatoms. The zero-order valence-corrected chi connectivity index (χ0v) is 11.1. The third-order valence-corrected chi connectivity index (χ3v) is 4.92. The number of nitrogens with one attached hydrogen (secondary N) is 1. The van der Waals surface area contributed by atoms with Gasteiger partial charge in [-0.3, -0.25) is 4.21 Å². The van der Waals surface area contributed by atoms with Crippen molar-refractivity contribution in [1.29, 1.82) is 0 Å². The van der Waals surface area contributed by atoms with Crippen molar-refractivity contribution in [2.45, 2.75) is 18.9 Å². The minimum Gasteiger partial charge on any atom is -0.382 e. The minimum atomic E-state index is -0.586. The molecule has 1 heterocycles. The molecule has 0 unspecified atom stereocenters. The van der Waals surface area contributed by atoms with Crippen LogP contribution in [0, 0.1) is 0 Å². The van der Waals surface area contributed by atoms with Gasteiger partial charge < -0.3 is 5.32 Å². The Morgan fingerprint density at radius 1 is 1.00 bits per heavy atom. The highest BCUT2D eigenvalue weighted by Crippen LogP contribution is 2.25. The van der Waals surface area contributed by atoms with E-state index in [2.05, 4.69) is 47.8 Å². The van der Waals surface area contributed by atoms with E-state index in [4.69, 9.17) is 0 Å². The first-order valence-electron chi connectivity index (χ1n) is 6.42. The molecule has 0 bridgehead atoms. The average molecular weight is 259 g/mol. The SMILES string of the molecule is O=S1CCC(Nc2cccc3ccccc23)CC1. The van der Waals surface area contributed by atoms with Crippen molar-refractivity contribution < 1.29 is 4.21 Å². The van der Waals surface area contributed by atoms with Crippen molar-refractivity contribution >= 4 is 27.3 Å². The van der Waals surface area contributed by atoms with Crippen molar-refractivity contribution in [1.82, 2.24) is 0 Å². The highest BCUT2D eigenvalue weighted by Gasteiger charge is 2.17. The summed E-state index contributed by atoms with van der Waals surface area (Å²) in [5.74, 6) is 1.67. The smallest absolute Gasteiger partial charge is 0.0422 e. The van der Waals surface area contributed by atoms with Gasteiger partial charge in [0.2, 0.25) is 0 Å². The monoisotopic (exact) mass is 259 g/mol. The van der Waals surface area contributed by atoms with Gasteiger partial charge in [0.05, 0.1) is 0 Å². The molecule has 2 aromatic carbocycles. The summed E-state index contributed by atoms with van der Waals surface area (Å²) in [6.07, 6.45) is 2.02. The standard InChI is InChI=1S/C15H17NOS/c17-18-10-8-13(9-11-18)16-15-7-3-5-12-4-1-2-6-14(12)15/h1-7,13,16H,8-11H2. The summed E-state index contributed by atoms with van der Waals surface area (Å²) in [7, 11) is -0.586. The van der Waals surface area contributed by atoms with Crippen LogP contribution in [-0.2, 0) is 10.8 Å². The Morgan fingerprint density at radius 2 is 1.72 bits per heavy atom. The predicted molar refractivity (Wildman–Crippen MR) is 78.5 cm³/mol. The van der Waals surface area contributed by atoms with Crippen LogP contribution < -0.4 is 5.32 Å². The van der Waals surface area contributed by atoms with Gasteiger partial charge in [-0.05, 0) is 24.3 Å². The summed E-state index contributed by atoms with van der Waals surface area (Å²) in [5, 5.41) is 6.15. The van der Waals surface area contributed by atoms with Gasteiger partial charge in [-0.25, -0.2) is 0 Å². The van der Waals surface area contributed by atoms with Gasteiger partial charge in [-0.1, -0.05) is 36.4 Å². The second kappa shape index (κ2) is 5.11. The van der Waals surface area contributed by atoms with E-state index in [1.165, 1.54) is 16.5 Å². The number of hydrogen-bond donors (Lipinski definition) is 1. The molecule has 1 N–H and O–H groups in total. The molecule has 1 aliphatic rings. The molecule has 0 spiro atoms. The molecule has 2 aromatic rings. The van der Waals surface area contributed by atoms with E-state index in [1.807, 2.05) is 0 Å². The molecule has 1 saturated heterocycles. The molecule has 1 fully saturated rings. The van der Waals surface area contributed by atoms with Crippen LogP contribution in [0.15, 0.2) is 42.5 Å². The van der Waals surface area contributed by atoms with Gasteiger partial charge in [0.1, 0.15) is 0 Å².